The Morgan fingerprint density at radius 1 is 1.07 bits per heavy atom. The van der Waals surface area contributed by atoms with E-state index < -0.39 is 10.0 Å². The average Bonchev–Trinajstić information content (AvgIpc) is 3.28. The lowest BCUT2D eigenvalue weighted by Crippen LogP contribution is -2.29. The van der Waals surface area contributed by atoms with Crippen LogP contribution in [-0.2, 0) is 16.6 Å². The van der Waals surface area contributed by atoms with Crippen molar-refractivity contribution < 1.29 is 8.42 Å². The molecule has 3 aromatic rings. The highest BCUT2D eigenvalue weighted by Crippen LogP contribution is 2.11. The van der Waals surface area contributed by atoms with Crippen LogP contribution >= 0.6 is 0 Å². The molecule has 27 heavy (non-hydrogen) atoms. The molecule has 0 aromatic carbocycles. The Hall–Kier alpha value is -2.72. The summed E-state index contributed by atoms with van der Waals surface area (Å²) in [5.41, 5.74) is 0. The number of hydrogen-bond donors (Lipinski definition) is 2. The number of nitrogens with one attached hydrogen (secondary N) is 2. The predicted octanol–water partition coefficient (Wildman–Crippen LogP) is 1.49. The van der Waals surface area contributed by atoms with Crippen LogP contribution in [0.25, 0.3) is 5.82 Å². The van der Waals surface area contributed by atoms with Gasteiger partial charge in [0.15, 0.2) is 5.03 Å². The molecule has 0 amide bonds. The first-order valence-corrected chi connectivity index (χ1v) is 10.1. The molecule has 0 saturated heterocycles. The molecular weight excluding hydrogens is 366 g/mol. The SMILES string of the molecule is CCn1cc(S(=O)(=O)NCCNc2cc(-n3cccc3)nc(C)n2)nc1C. The largest absolute Gasteiger partial charge is 0.369 e. The van der Waals surface area contributed by atoms with Crippen molar-refractivity contribution >= 4 is 15.8 Å². The third-order valence-corrected chi connectivity index (χ3v) is 5.32. The molecule has 3 heterocycles. The van der Waals surface area contributed by atoms with E-state index in [0.29, 0.717) is 30.6 Å². The molecule has 0 bridgehead atoms. The first-order valence-electron chi connectivity index (χ1n) is 8.65. The van der Waals surface area contributed by atoms with E-state index in [1.165, 1.54) is 0 Å². The van der Waals surface area contributed by atoms with Crippen LogP contribution in [0.5, 0.6) is 0 Å². The molecule has 0 spiro atoms. The van der Waals surface area contributed by atoms with Crippen molar-refractivity contribution in [3.05, 3.63) is 48.4 Å². The molecule has 0 unspecified atom stereocenters. The van der Waals surface area contributed by atoms with E-state index in [4.69, 9.17) is 0 Å². The zero-order valence-electron chi connectivity index (χ0n) is 15.5. The number of anilines is 1. The van der Waals surface area contributed by atoms with Gasteiger partial charge >= 0.3 is 0 Å². The summed E-state index contributed by atoms with van der Waals surface area (Å²) >= 11 is 0. The fourth-order valence-corrected chi connectivity index (χ4v) is 3.68. The summed E-state index contributed by atoms with van der Waals surface area (Å²) in [5, 5.41) is 3.16. The number of hydrogen-bond acceptors (Lipinski definition) is 6. The molecule has 0 aliphatic carbocycles. The van der Waals surface area contributed by atoms with E-state index in [1.807, 2.05) is 49.0 Å². The van der Waals surface area contributed by atoms with Gasteiger partial charge in [-0.25, -0.2) is 28.1 Å². The maximum absolute atomic E-state index is 12.3. The van der Waals surface area contributed by atoms with Gasteiger partial charge in [-0.05, 0) is 32.9 Å². The highest BCUT2D eigenvalue weighted by atomic mass is 32.2. The number of aryl methyl sites for hydroxylation is 3. The number of nitrogens with zero attached hydrogens (tertiary/aromatic N) is 5. The Labute approximate surface area is 158 Å². The van der Waals surface area contributed by atoms with Crippen molar-refractivity contribution in [2.24, 2.45) is 0 Å². The Kier molecular flexibility index (Phi) is 5.57. The third kappa shape index (κ3) is 4.52. The molecule has 0 aliphatic rings. The second-order valence-electron chi connectivity index (χ2n) is 5.99. The standard InChI is InChI=1S/C17H23N7O2S/c1-4-23-12-17(22-14(23)3)27(25,26)19-8-7-18-15-11-16(21-13(2)20-15)24-9-5-6-10-24/h5-6,9-12,19H,4,7-8H2,1-3H3,(H,18,20,21). The normalized spacial score (nSPS) is 11.7. The summed E-state index contributed by atoms with van der Waals surface area (Å²) in [7, 11) is -3.64. The van der Waals surface area contributed by atoms with Gasteiger partial charge in [0.2, 0.25) is 0 Å². The summed E-state index contributed by atoms with van der Waals surface area (Å²) in [5.74, 6) is 2.68. The van der Waals surface area contributed by atoms with Gasteiger partial charge in [0, 0.05) is 44.3 Å². The molecule has 0 radical (unpaired) electrons. The highest BCUT2D eigenvalue weighted by molar-refractivity contribution is 7.89. The van der Waals surface area contributed by atoms with Crippen molar-refractivity contribution in [1.82, 2.24) is 28.8 Å². The maximum atomic E-state index is 12.3. The molecule has 9 nitrogen and oxygen atoms in total. The van der Waals surface area contributed by atoms with Crippen molar-refractivity contribution in [2.75, 3.05) is 18.4 Å². The van der Waals surface area contributed by atoms with E-state index in [9.17, 15) is 8.42 Å². The lowest BCUT2D eigenvalue weighted by Gasteiger charge is -2.10. The minimum absolute atomic E-state index is 0.0367. The van der Waals surface area contributed by atoms with E-state index in [2.05, 4.69) is 25.0 Å². The second kappa shape index (κ2) is 7.89. The third-order valence-electron chi connectivity index (χ3n) is 3.99. The van der Waals surface area contributed by atoms with Gasteiger partial charge in [0.1, 0.15) is 23.3 Å². The number of sulfonamides is 1. The Morgan fingerprint density at radius 2 is 1.81 bits per heavy atom. The minimum atomic E-state index is -3.64. The maximum Gasteiger partial charge on any atom is 0.259 e. The van der Waals surface area contributed by atoms with E-state index in [0.717, 1.165) is 5.82 Å². The van der Waals surface area contributed by atoms with Crippen LogP contribution < -0.4 is 10.0 Å². The zero-order valence-corrected chi connectivity index (χ0v) is 16.4. The Morgan fingerprint density at radius 3 is 2.48 bits per heavy atom. The van der Waals surface area contributed by atoms with Gasteiger partial charge in [-0.1, -0.05) is 0 Å². The average molecular weight is 389 g/mol. The minimum Gasteiger partial charge on any atom is -0.369 e. The predicted molar refractivity (Wildman–Crippen MR) is 102 cm³/mol. The summed E-state index contributed by atoms with van der Waals surface area (Å²) in [4.78, 5) is 12.8. The first-order chi connectivity index (χ1) is 12.9. The molecule has 0 saturated carbocycles. The molecule has 0 fully saturated rings. The molecule has 2 N–H and O–H groups in total. The smallest absolute Gasteiger partial charge is 0.259 e. The van der Waals surface area contributed by atoms with Crippen LogP contribution in [0, 0.1) is 13.8 Å². The van der Waals surface area contributed by atoms with Crippen LogP contribution in [0.15, 0.2) is 41.8 Å². The van der Waals surface area contributed by atoms with Gasteiger partial charge < -0.3 is 14.5 Å². The molecule has 3 rings (SSSR count). The van der Waals surface area contributed by atoms with E-state index in [-0.39, 0.29) is 11.6 Å². The van der Waals surface area contributed by atoms with Gasteiger partial charge in [0.05, 0.1) is 0 Å². The fourth-order valence-electron chi connectivity index (χ4n) is 2.64. The summed E-state index contributed by atoms with van der Waals surface area (Å²) in [6.07, 6.45) is 5.34. The van der Waals surface area contributed by atoms with Crippen molar-refractivity contribution in [3.8, 4) is 5.82 Å². The topological polar surface area (TPSA) is 107 Å². The number of aromatic nitrogens is 5. The van der Waals surface area contributed by atoms with Gasteiger partial charge in [-0.3, -0.25) is 0 Å². The molecule has 144 valence electrons. The van der Waals surface area contributed by atoms with Gasteiger partial charge in [-0.15, -0.1) is 0 Å². The molecule has 3 aromatic heterocycles. The van der Waals surface area contributed by atoms with Crippen LogP contribution in [0.1, 0.15) is 18.6 Å². The first kappa shape index (κ1) is 19.1. The summed E-state index contributed by atoms with van der Waals surface area (Å²) in [6.45, 7) is 6.80. The van der Waals surface area contributed by atoms with Crippen LogP contribution in [-0.4, -0.2) is 45.6 Å². The second-order valence-corrected chi connectivity index (χ2v) is 7.70. The number of imidazole rings is 1. The Bertz CT molecular complexity index is 1010. The molecule has 10 heteroatoms. The lowest BCUT2D eigenvalue weighted by molar-refractivity contribution is 0.579. The van der Waals surface area contributed by atoms with Crippen molar-refractivity contribution in [3.63, 3.8) is 0 Å². The summed E-state index contributed by atoms with van der Waals surface area (Å²) < 4.78 is 30.9. The monoisotopic (exact) mass is 389 g/mol. The van der Waals surface area contributed by atoms with E-state index >= 15 is 0 Å². The summed E-state index contributed by atoms with van der Waals surface area (Å²) in [6, 6.07) is 5.65. The Balaban J connectivity index is 1.60. The van der Waals surface area contributed by atoms with Crippen LogP contribution in [0.2, 0.25) is 0 Å². The van der Waals surface area contributed by atoms with Gasteiger partial charge in [0.25, 0.3) is 10.0 Å². The van der Waals surface area contributed by atoms with E-state index in [1.54, 1.807) is 17.7 Å². The molecule has 0 aliphatic heterocycles. The van der Waals surface area contributed by atoms with Crippen LogP contribution in [0.3, 0.4) is 0 Å². The lowest BCUT2D eigenvalue weighted by atomic mass is 10.4. The molecule has 0 atom stereocenters. The zero-order chi connectivity index (χ0) is 19.4. The quantitative estimate of drug-likeness (QED) is 0.565. The highest BCUT2D eigenvalue weighted by Gasteiger charge is 2.18. The van der Waals surface area contributed by atoms with Gasteiger partial charge in [-0.2, -0.15) is 0 Å². The van der Waals surface area contributed by atoms with Crippen molar-refractivity contribution in [2.45, 2.75) is 32.3 Å². The van der Waals surface area contributed by atoms with Crippen molar-refractivity contribution in [1.29, 1.82) is 0 Å². The molecular formula is C17H23N7O2S. The number of rotatable bonds is 8. The fraction of sp³-hybridized carbons (Fsp3) is 0.353. The van der Waals surface area contributed by atoms with Crippen LogP contribution in [0.4, 0.5) is 5.82 Å².